The zero-order chi connectivity index (χ0) is 13.8. The normalized spacial score (nSPS) is 16.6. The molecule has 1 atom stereocenters. The summed E-state index contributed by atoms with van der Waals surface area (Å²) in [5.41, 5.74) is 3.94. The summed E-state index contributed by atoms with van der Waals surface area (Å²) < 4.78 is 0. The van der Waals surface area contributed by atoms with Crippen molar-refractivity contribution in [1.82, 2.24) is 4.90 Å². The van der Waals surface area contributed by atoms with Crippen molar-refractivity contribution in [3.63, 3.8) is 0 Å². The second kappa shape index (κ2) is 6.21. The first-order chi connectivity index (χ1) is 9.83. The molecule has 0 spiro atoms. The van der Waals surface area contributed by atoms with Gasteiger partial charge in [-0.3, -0.25) is 4.90 Å². The summed E-state index contributed by atoms with van der Waals surface area (Å²) in [6.45, 7) is 3.06. The molecule has 0 aliphatic carbocycles. The molecule has 104 valence electrons. The van der Waals surface area contributed by atoms with Crippen LogP contribution in [0, 0.1) is 0 Å². The first-order valence-corrected chi connectivity index (χ1v) is 7.35. The number of benzene rings is 2. The van der Waals surface area contributed by atoms with Crippen molar-refractivity contribution in [3.8, 4) is 0 Å². The third kappa shape index (κ3) is 3.09. The third-order valence-corrected chi connectivity index (χ3v) is 4.11. The van der Waals surface area contributed by atoms with E-state index in [1.807, 2.05) is 30.3 Å². The molecule has 2 aromatic carbocycles. The molecule has 0 amide bonds. The number of rotatable bonds is 4. The molecular weight excluding hydrogens is 246 g/mol. The van der Waals surface area contributed by atoms with Crippen molar-refractivity contribution in [1.29, 1.82) is 0 Å². The van der Waals surface area contributed by atoms with Crippen molar-refractivity contribution < 1.29 is 5.11 Å². The van der Waals surface area contributed by atoms with Crippen molar-refractivity contribution in [2.24, 2.45) is 0 Å². The van der Waals surface area contributed by atoms with Gasteiger partial charge in [0.15, 0.2) is 0 Å². The first kappa shape index (κ1) is 13.3. The minimum Gasteiger partial charge on any atom is -0.388 e. The van der Waals surface area contributed by atoms with Crippen molar-refractivity contribution in [3.05, 3.63) is 71.3 Å². The summed E-state index contributed by atoms with van der Waals surface area (Å²) in [6, 6.07) is 18.6. The molecule has 1 heterocycles. The van der Waals surface area contributed by atoms with Crippen LogP contribution in [0.3, 0.4) is 0 Å². The molecule has 0 saturated heterocycles. The second-order valence-electron chi connectivity index (χ2n) is 5.51. The van der Waals surface area contributed by atoms with E-state index in [2.05, 4.69) is 29.2 Å². The van der Waals surface area contributed by atoms with Gasteiger partial charge in [-0.05, 0) is 29.5 Å². The minimum absolute atomic E-state index is 0.353. The molecule has 3 rings (SSSR count). The lowest BCUT2D eigenvalue weighted by molar-refractivity contribution is 0.137. The van der Waals surface area contributed by atoms with Crippen LogP contribution in [-0.2, 0) is 13.0 Å². The fourth-order valence-corrected chi connectivity index (χ4v) is 2.89. The number of aliphatic hydroxyl groups excluding tert-OH is 1. The Bertz CT molecular complexity index is 552. The van der Waals surface area contributed by atoms with Gasteiger partial charge in [0.05, 0.1) is 6.10 Å². The van der Waals surface area contributed by atoms with Crippen molar-refractivity contribution >= 4 is 0 Å². The van der Waals surface area contributed by atoms with Crippen LogP contribution < -0.4 is 0 Å². The molecule has 0 fully saturated rings. The molecular formula is C18H21NO. The average Bonchev–Trinajstić information content (AvgIpc) is 2.53. The van der Waals surface area contributed by atoms with Crippen LogP contribution in [0.15, 0.2) is 54.6 Å². The SMILES string of the molecule is O[C@@H](CCN1CCc2ccccc2C1)c1ccccc1. The van der Waals surface area contributed by atoms with E-state index in [4.69, 9.17) is 0 Å². The van der Waals surface area contributed by atoms with Crippen molar-refractivity contribution in [2.75, 3.05) is 13.1 Å². The topological polar surface area (TPSA) is 23.5 Å². The highest BCUT2D eigenvalue weighted by Crippen LogP contribution is 2.21. The zero-order valence-corrected chi connectivity index (χ0v) is 11.7. The van der Waals surface area contributed by atoms with Crippen LogP contribution in [0.5, 0.6) is 0 Å². The standard InChI is InChI=1S/C18H21NO/c20-18(16-7-2-1-3-8-16)11-13-19-12-10-15-6-4-5-9-17(15)14-19/h1-9,18,20H,10-14H2/t18-/m0/s1. The number of aliphatic hydroxyl groups is 1. The van der Waals surface area contributed by atoms with Gasteiger partial charge in [0.25, 0.3) is 0 Å². The Morgan fingerprint density at radius 1 is 0.950 bits per heavy atom. The van der Waals surface area contributed by atoms with Crippen LogP contribution in [-0.4, -0.2) is 23.1 Å². The summed E-state index contributed by atoms with van der Waals surface area (Å²) in [4.78, 5) is 2.44. The maximum atomic E-state index is 10.2. The van der Waals surface area contributed by atoms with Gasteiger partial charge >= 0.3 is 0 Å². The monoisotopic (exact) mass is 267 g/mol. The first-order valence-electron chi connectivity index (χ1n) is 7.35. The lowest BCUT2D eigenvalue weighted by Gasteiger charge is -2.29. The number of fused-ring (bicyclic) bond motifs is 1. The Kier molecular flexibility index (Phi) is 4.14. The fraction of sp³-hybridized carbons (Fsp3) is 0.333. The van der Waals surface area contributed by atoms with E-state index in [0.717, 1.165) is 38.0 Å². The van der Waals surface area contributed by atoms with Crippen LogP contribution in [0.1, 0.15) is 29.2 Å². The molecule has 0 aromatic heterocycles. The fourth-order valence-electron chi connectivity index (χ4n) is 2.89. The number of hydrogen-bond acceptors (Lipinski definition) is 2. The van der Waals surface area contributed by atoms with E-state index in [1.165, 1.54) is 11.1 Å². The lowest BCUT2D eigenvalue weighted by atomic mass is 9.99. The summed E-state index contributed by atoms with van der Waals surface area (Å²) in [5.74, 6) is 0. The Hall–Kier alpha value is -1.64. The van der Waals surface area contributed by atoms with E-state index < -0.39 is 0 Å². The maximum Gasteiger partial charge on any atom is 0.0802 e. The van der Waals surface area contributed by atoms with E-state index in [0.29, 0.717) is 0 Å². The molecule has 2 aromatic rings. The van der Waals surface area contributed by atoms with Gasteiger partial charge < -0.3 is 5.11 Å². The molecule has 0 radical (unpaired) electrons. The van der Waals surface area contributed by atoms with Gasteiger partial charge in [-0.1, -0.05) is 54.6 Å². The average molecular weight is 267 g/mol. The summed E-state index contributed by atoms with van der Waals surface area (Å²) in [7, 11) is 0. The quantitative estimate of drug-likeness (QED) is 0.919. The predicted octanol–water partition coefficient (Wildman–Crippen LogP) is 3.17. The van der Waals surface area contributed by atoms with Gasteiger partial charge in [0.1, 0.15) is 0 Å². The Balaban J connectivity index is 1.55. The van der Waals surface area contributed by atoms with Crippen molar-refractivity contribution in [2.45, 2.75) is 25.5 Å². The van der Waals surface area contributed by atoms with E-state index in [9.17, 15) is 5.11 Å². The van der Waals surface area contributed by atoms with Gasteiger partial charge in [0, 0.05) is 19.6 Å². The molecule has 1 aliphatic heterocycles. The van der Waals surface area contributed by atoms with E-state index in [-0.39, 0.29) is 6.10 Å². The van der Waals surface area contributed by atoms with E-state index in [1.54, 1.807) is 0 Å². The zero-order valence-electron chi connectivity index (χ0n) is 11.7. The predicted molar refractivity (Wildman–Crippen MR) is 81.4 cm³/mol. The van der Waals surface area contributed by atoms with Crippen LogP contribution in [0.25, 0.3) is 0 Å². The number of nitrogens with zero attached hydrogens (tertiary/aromatic N) is 1. The third-order valence-electron chi connectivity index (χ3n) is 4.11. The smallest absolute Gasteiger partial charge is 0.0802 e. The molecule has 1 N–H and O–H groups in total. The van der Waals surface area contributed by atoms with Crippen LogP contribution in [0.2, 0.25) is 0 Å². The van der Waals surface area contributed by atoms with Gasteiger partial charge in [-0.2, -0.15) is 0 Å². The van der Waals surface area contributed by atoms with Gasteiger partial charge in [-0.15, -0.1) is 0 Å². The highest BCUT2D eigenvalue weighted by molar-refractivity contribution is 5.29. The Morgan fingerprint density at radius 2 is 1.65 bits per heavy atom. The Labute approximate surface area is 120 Å². The summed E-state index contributed by atoms with van der Waals surface area (Å²) >= 11 is 0. The maximum absolute atomic E-state index is 10.2. The highest BCUT2D eigenvalue weighted by atomic mass is 16.3. The number of hydrogen-bond donors (Lipinski definition) is 1. The molecule has 0 saturated carbocycles. The molecule has 2 nitrogen and oxygen atoms in total. The van der Waals surface area contributed by atoms with Gasteiger partial charge in [0.2, 0.25) is 0 Å². The molecule has 2 heteroatoms. The summed E-state index contributed by atoms with van der Waals surface area (Å²) in [5, 5.41) is 10.2. The molecule has 0 bridgehead atoms. The lowest BCUT2D eigenvalue weighted by Crippen LogP contribution is -2.32. The van der Waals surface area contributed by atoms with E-state index >= 15 is 0 Å². The Morgan fingerprint density at radius 3 is 2.45 bits per heavy atom. The second-order valence-corrected chi connectivity index (χ2v) is 5.51. The van der Waals surface area contributed by atoms with Gasteiger partial charge in [-0.25, -0.2) is 0 Å². The van der Waals surface area contributed by atoms with Crippen LogP contribution in [0.4, 0.5) is 0 Å². The molecule has 1 aliphatic rings. The molecule has 20 heavy (non-hydrogen) atoms. The summed E-state index contributed by atoms with van der Waals surface area (Å²) in [6.07, 6.45) is 1.57. The minimum atomic E-state index is -0.353. The molecule has 0 unspecified atom stereocenters. The highest BCUT2D eigenvalue weighted by Gasteiger charge is 2.16. The largest absolute Gasteiger partial charge is 0.388 e. The van der Waals surface area contributed by atoms with Crippen LogP contribution >= 0.6 is 0 Å².